The van der Waals surface area contributed by atoms with Gasteiger partial charge in [0.1, 0.15) is 5.75 Å². The molecule has 0 aliphatic carbocycles. The van der Waals surface area contributed by atoms with E-state index in [9.17, 15) is 0 Å². The van der Waals surface area contributed by atoms with Crippen molar-refractivity contribution in [2.24, 2.45) is 0 Å². The van der Waals surface area contributed by atoms with E-state index >= 15 is 0 Å². The Labute approximate surface area is 168 Å². The summed E-state index contributed by atoms with van der Waals surface area (Å²) >= 11 is 1.63. The maximum atomic E-state index is 5.80. The summed E-state index contributed by atoms with van der Waals surface area (Å²) in [6.45, 7) is 2.69. The Morgan fingerprint density at radius 2 is 1.64 bits per heavy atom. The van der Waals surface area contributed by atoms with Crippen LogP contribution in [0.3, 0.4) is 0 Å². The molecule has 6 heteroatoms. The third-order valence-corrected chi connectivity index (χ3v) is 5.15. The SMILES string of the molecule is Cc1ccccc1-n1c(SCCOc2ccccc2)nnc1-c1ccncc1. The molecule has 4 aromatic rings. The van der Waals surface area contributed by atoms with Crippen LogP contribution in [0.25, 0.3) is 17.1 Å². The zero-order valence-electron chi connectivity index (χ0n) is 15.5. The number of ether oxygens (including phenoxy) is 1. The topological polar surface area (TPSA) is 52.8 Å². The zero-order chi connectivity index (χ0) is 19.2. The molecule has 140 valence electrons. The summed E-state index contributed by atoms with van der Waals surface area (Å²) in [6.07, 6.45) is 3.54. The third-order valence-electron chi connectivity index (χ3n) is 4.25. The van der Waals surface area contributed by atoms with Gasteiger partial charge in [0.15, 0.2) is 11.0 Å². The van der Waals surface area contributed by atoms with Gasteiger partial charge in [-0.05, 0) is 42.8 Å². The van der Waals surface area contributed by atoms with Crippen LogP contribution in [-0.4, -0.2) is 32.1 Å². The van der Waals surface area contributed by atoms with Crippen molar-refractivity contribution in [1.29, 1.82) is 0 Å². The van der Waals surface area contributed by atoms with Crippen LogP contribution >= 0.6 is 11.8 Å². The summed E-state index contributed by atoms with van der Waals surface area (Å²) in [5.74, 6) is 2.46. The fourth-order valence-corrected chi connectivity index (χ4v) is 3.65. The molecule has 0 fully saturated rings. The molecule has 0 saturated carbocycles. The first kappa shape index (κ1) is 18.3. The van der Waals surface area contributed by atoms with Crippen molar-refractivity contribution in [1.82, 2.24) is 19.7 Å². The molecule has 0 unspecified atom stereocenters. The van der Waals surface area contributed by atoms with E-state index in [1.54, 1.807) is 24.2 Å². The van der Waals surface area contributed by atoms with Gasteiger partial charge in [-0.15, -0.1) is 10.2 Å². The first-order valence-electron chi connectivity index (χ1n) is 9.05. The molecule has 0 radical (unpaired) electrons. The smallest absolute Gasteiger partial charge is 0.196 e. The van der Waals surface area contributed by atoms with Gasteiger partial charge in [-0.1, -0.05) is 48.2 Å². The number of hydrogen-bond acceptors (Lipinski definition) is 5. The molecular weight excluding hydrogens is 368 g/mol. The van der Waals surface area contributed by atoms with Gasteiger partial charge in [0.25, 0.3) is 0 Å². The van der Waals surface area contributed by atoms with E-state index in [0.29, 0.717) is 6.61 Å². The standard InChI is InChI=1S/C22H20N4OS/c1-17-7-5-6-10-20(17)26-21(18-11-13-23-14-12-18)24-25-22(26)28-16-15-27-19-8-3-2-4-9-19/h2-14H,15-16H2,1H3. The maximum absolute atomic E-state index is 5.80. The largest absolute Gasteiger partial charge is 0.493 e. The van der Waals surface area contributed by atoms with Crippen LogP contribution in [0.4, 0.5) is 0 Å². The van der Waals surface area contributed by atoms with Gasteiger partial charge in [-0.3, -0.25) is 9.55 Å². The number of hydrogen-bond donors (Lipinski definition) is 0. The minimum absolute atomic E-state index is 0.597. The van der Waals surface area contributed by atoms with Gasteiger partial charge in [-0.25, -0.2) is 0 Å². The lowest BCUT2D eigenvalue weighted by Crippen LogP contribution is -2.04. The number of pyridine rings is 1. The second-order valence-electron chi connectivity index (χ2n) is 6.17. The highest BCUT2D eigenvalue weighted by Gasteiger charge is 2.17. The second kappa shape index (κ2) is 8.71. The summed E-state index contributed by atoms with van der Waals surface area (Å²) in [7, 11) is 0. The average molecular weight is 388 g/mol. The summed E-state index contributed by atoms with van der Waals surface area (Å²) < 4.78 is 7.91. The normalized spacial score (nSPS) is 10.8. The van der Waals surface area contributed by atoms with Crippen molar-refractivity contribution in [3.8, 4) is 22.8 Å². The van der Waals surface area contributed by atoms with E-state index in [1.807, 2.05) is 54.6 Å². The number of aryl methyl sites for hydroxylation is 1. The molecule has 0 N–H and O–H groups in total. The van der Waals surface area contributed by atoms with Gasteiger partial charge in [0.05, 0.1) is 12.3 Å². The summed E-state index contributed by atoms with van der Waals surface area (Å²) in [6, 6.07) is 22.0. The predicted octanol–water partition coefficient (Wildman–Crippen LogP) is 4.81. The Morgan fingerprint density at radius 3 is 2.43 bits per heavy atom. The Kier molecular flexibility index (Phi) is 5.68. The molecule has 0 saturated heterocycles. The molecular formula is C22H20N4OS. The van der Waals surface area contributed by atoms with E-state index in [-0.39, 0.29) is 0 Å². The Hall–Kier alpha value is -3.12. The molecule has 5 nitrogen and oxygen atoms in total. The van der Waals surface area contributed by atoms with Crippen LogP contribution < -0.4 is 4.74 Å². The highest BCUT2D eigenvalue weighted by atomic mass is 32.2. The van der Waals surface area contributed by atoms with Gasteiger partial charge in [0.2, 0.25) is 0 Å². The fraction of sp³-hybridized carbons (Fsp3) is 0.136. The molecule has 2 aromatic heterocycles. The Balaban J connectivity index is 1.59. The van der Waals surface area contributed by atoms with Crippen molar-refractivity contribution in [3.63, 3.8) is 0 Å². The number of benzene rings is 2. The van der Waals surface area contributed by atoms with Crippen LogP contribution in [0.5, 0.6) is 5.75 Å². The minimum Gasteiger partial charge on any atom is -0.493 e. The maximum Gasteiger partial charge on any atom is 0.196 e. The first-order valence-corrected chi connectivity index (χ1v) is 10.0. The van der Waals surface area contributed by atoms with Crippen molar-refractivity contribution in [2.75, 3.05) is 12.4 Å². The molecule has 0 amide bonds. The van der Waals surface area contributed by atoms with Crippen LogP contribution in [0.1, 0.15) is 5.56 Å². The molecule has 0 aliphatic heterocycles. The molecule has 0 atom stereocenters. The van der Waals surface area contributed by atoms with Crippen LogP contribution in [0, 0.1) is 6.92 Å². The van der Waals surface area contributed by atoms with E-state index in [2.05, 4.69) is 38.8 Å². The quantitative estimate of drug-likeness (QED) is 0.336. The van der Waals surface area contributed by atoms with E-state index in [0.717, 1.165) is 33.7 Å². The summed E-state index contributed by atoms with van der Waals surface area (Å²) in [5, 5.41) is 9.76. The van der Waals surface area contributed by atoms with Gasteiger partial charge in [0, 0.05) is 23.7 Å². The lowest BCUT2D eigenvalue weighted by Gasteiger charge is -2.13. The van der Waals surface area contributed by atoms with E-state index < -0.39 is 0 Å². The highest BCUT2D eigenvalue weighted by molar-refractivity contribution is 7.99. The van der Waals surface area contributed by atoms with Gasteiger partial charge >= 0.3 is 0 Å². The first-order chi connectivity index (χ1) is 13.8. The predicted molar refractivity (Wildman–Crippen MR) is 112 cm³/mol. The number of nitrogens with zero attached hydrogens (tertiary/aromatic N) is 4. The number of para-hydroxylation sites is 2. The average Bonchev–Trinajstić information content (AvgIpc) is 3.16. The number of aromatic nitrogens is 4. The molecule has 0 spiro atoms. The van der Waals surface area contributed by atoms with Gasteiger partial charge < -0.3 is 4.74 Å². The summed E-state index contributed by atoms with van der Waals surface area (Å²) in [5.41, 5.74) is 3.23. The van der Waals surface area contributed by atoms with Crippen molar-refractivity contribution in [3.05, 3.63) is 84.7 Å². The van der Waals surface area contributed by atoms with E-state index in [1.165, 1.54) is 5.56 Å². The fourth-order valence-electron chi connectivity index (χ4n) is 2.89. The molecule has 28 heavy (non-hydrogen) atoms. The molecule has 0 bridgehead atoms. The number of thioether (sulfide) groups is 1. The zero-order valence-corrected chi connectivity index (χ0v) is 16.3. The lowest BCUT2D eigenvalue weighted by molar-refractivity contribution is 0.344. The number of rotatable bonds is 7. The minimum atomic E-state index is 0.597. The van der Waals surface area contributed by atoms with Crippen LogP contribution in [-0.2, 0) is 0 Å². The molecule has 4 rings (SSSR count). The summed E-state index contributed by atoms with van der Waals surface area (Å²) in [4.78, 5) is 4.11. The van der Waals surface area contributed by atoms with E-state index in [4.69, 9.17) is 4.74 Å². The lowest BCUT2D eigenvalue weighted by atomic mass is 10.2. The van der Waals surface area contributed by atoms with Crippen molar-refractivity contribution < 1.29 is 4.74 Å². The Morgan fingerprint density at radius 1 is 0.893 bits per heavy atom. The van der Waals surface area contributed by atoms with Gasteiger partial charge in [-0.2, -0.15) is 0 Å². The monoisotopic (exact) mass is 388 g/mol. The highest BCUT2D eigenvalue weighted by Crippen LogP contribution is 2.29. The van der Waals surface area contributed by atoms with Crippen molar-refractivity contribution >= 4 is 11.8 Å². The second-order valence-corrected chi connectivity index (χ2v) is 7.24. The van der Waals surface area contributed by atoms with Crippen LogP contribution in [0.15, 0.2) is 84.3 Å². The van der Waals surface area contributed by atoms with Crippen molar-refractivity contribution in [2.45, 2.75) is 12.1 Å². The molecule has 2 aromatic carbocycles. The van der Waals surface area contributed by atoms with Crippen LogP contribution in [0.2, 0.25) is 0 Å². The third kappa shape index (κ3) is 4.07. The molecule has 0 aliphatic rings. The Bertz CT molecular complexity index is 1030. The molecule has 2 heterocycles.